The zero-order chi connectivity index (χ0) is 18.0. The van der Waals surface area contributed by atoms with Crippen molar-refractivity contribution in [3.05, 3.63) is 65.7 Å². The lowest BCUT2D eigenvalue weighted by molar-refractivity contribution is 0.380. The number of rotatable bonds is 5. The first-order chi connectivity index (χ1) is 12.6. The van der Waals surface area contributed by atoms with E-state index in [0.29, 0.717) is 25.6 Å². The smallest absolute Gasteiger partial charge is 0.279 e. The largest absolute Gasteiger partial charge is 0.371 e. The molecule has 1 fully saturated rings. The first-order valence-corrected chi connectivity index (χ1v) is 10.7. The number of nitrogens with one attached hydrogen (secondary N) is 1. The van der Waals surface area contributed by atoms with E-state index in [1.54, 1.807) is 4.31 Å². The molecule has 6 heteroatoms. The molecule has 0 spiro atoms. The van der Waals surface area contributed by atoms with Crippen molar-refractivity contribution in [1.29, 1.82) is 0 Å². The Hall–Kier alpha value is -1.89. The molecule has 138 valence electrons. The normalized spacial score (nSPS) is 20.9. The Bertz CT molecular complexity index is 854. The van der Waals surface area contributed by atoms with Crippen molar-refractivity contribution in [3.63, 3.8) is 0 Å². The second-order valence-electron chi connectivity index (χ2n) is 7.14. The maximum absolute atomic E-state index is 12.7. The van der Waals surface area contributed by atoms with Gasteiger partial charge in [-0.15, -0.1) is 0 Å². The lowest BCUT2D eigenvalue weighted by atomic mass is 10.0. The van der Waals surface area contributed by atoms with Crippen LogP contribution in [0.1, 0.15) is 17.5 Å². The van der Waals surface area contributed by atoms with Gasteiger partial charge in [0.1, 0.15) is 0 Å². The molecule has 0 unspecified atom stereocenters. The molecule has 0 aliphatic carbocycles. The van der Waals surface area contributed by atoms with Crippen molar-refractivity contribution in [2.75, 3.05) is 31.1 Å². The summed E-state index contributed by atoms with van der Waals surface area (Å²) in [5.41, 5.74) is 3.58. The molecule has 26 heavy (non-hydrogen) atoms. The Morgan fingerprint density at radius 2 is 1.69 bits per heavy atom. The van der Waals surface area contributed by atoms with Gasteiger partial charge in [0, 0.05) is 38.4 Å². The minimum atomic E-state index is -3.43. The Kier molecular flexibility index (Phi) is 4.98. The van der Waals surface area contributed by atoms with Crippen LogP contribution in [-0.2, 0) is 23.2 Å². The third-order valence-electron chi connectivity index (χ3n) is 5.40. The molecule has 2 aromatic carbocycles. The molecule has 2 aliphatic rings. The van der Waals surface area contributed by atoms with Crippen LogP contribution >= 0.6 is 0 Å². The molecule has 0 amide bonds. The summed E-state index contributed by atoms with van der Waals surface area (Å²) in [6, 6.07) is 18.4. The Labute approximate surface area is 155 Å². The van der Waals surface area contributed by atoms with Gasteiger partial charge < -0.3 is 4.90 Å². The van der Waals surface area contributed by atoms with Gasteiger partial charge in [0.25, 0.3) is 10.2 Å². The lowest BCUT2D eigenvalue weighted by Gasteiger charge is -2.28. The van der Waals surface area contributed by atoms with Crippen LogP contribution in [-0.4, -0.2) is 38.9 Å². The summed E-state index contributed by atoms with van der Waals surface area (Å²) in [6.07, 6.45) is 1.79. The highest BCUT2D eigenvalue weighted by molar-refractivity contribution is 7.87. The van der Waals surface area contributed by atoms with Gasteiger partial charge in [0.05, 0.1) is 0 Å². The highest BCUT2D eigenvalue weighted by Gasteiger charge is 2.29. The SMILES string of the molecule is O=S(=O)(NC[C@H]1CCN(c2ccccc2)C1)N1CCc2ccccc2C1. The van der Waals surface area contributed by atoms with Gasteiger partial charge in [-0.05, 0) is 42.0 Å². The second-order valence-corrected chi connectivity index (χ2v) is 8.90. The van der Waals surface area contributed by atoms with Gasteiger partial charge in [-0.2, -0.15) is 12.7 Å². The summed E-state index contributed by atoms with van der Waals surface area (Å²) in [6.45, 7) is 3.39. The number of hydrogen-bond donors (Lipinski definition) is 1. The third-order valence-corrected chi connectivity index (χ3v) is 6.92. The molecular formula is C20H25N3O2S. The molecule has 2 aromatic rings. The topological polar surface area (TPSA) is 52.7 Å². The van der Waals surface area contributed by atoms with Crippen LogP contribution in [0.5, 0.6) is 0 Å². The van der Waals surface area contributed by atoms with E-state index in [9.17, 15) is 8.42 Å². The van der Waals surface area contributed by atoms with Crippen LogP contribution in [0, 0.1) is 5.92 Å². The van der Waals surface area contributed by atoms with Crippen LogP contribution in [0.25, 0.3) is 0 Å². The van der Waals surface area contributed by atoms with Crippen LogP contribution in [0.15, 0.2) is 54.6 Å². The summed E-state index contributed by atoms with van der Waals surface area (Å²) in [5.74, 6) is 0.349. The van der Waals surface area contributed by atoms with E-state index >= 15 is 0 Å². The van der Waals surface area contributed by atoms with Crippen molar-refractivity contribution in [2.45, 2.75) is 19.4 Å². The fraction of sp³-hybridized carbons (Fsp3) is 0.400. The lowest BCUT2D eigenvalue weighted by Crippen LogP contribution is -2.45. The molecule has 2 aliphatic heterocycles. The van der Waals surface area contributed by atoms with Crippen molar-refractivity contribution >= 4 is 15.9 Å². The van der Waals surface area contributed by atoms with Crippen LogP contribution in [0.4, 0.5) is 5.69 Å². The van der Waals surface area contributed by atoms with Crippen molar-refractivity contribution < 1.29 is 8.42 Å². The first-order valence-electron chi connectivity index (χ1n) is 9.23. The number of anilines is 1. The van der Waals surface area contributed by atoms with E-state index in [1.165, 1.54) is 11.3 Å². The van der Waals surface area contributed by atoms with Gasteiger partial charge in [0.15, 0.2) is 0 Å². The molecule has 5 nitrogen and oxygen atoms in total. The van der Waals surface area contributed by atoms with Crippen molar-refractivity contribution in [2.24, 2.45) is 5.92 Å². The van der Waals surface area contributed by atoms with E-state index in [-0.39, 0.29) is 0 Å². The minimum Gasteiger partial charge on any atom is -0.371 e. The number of fused-ring (bicyclic) bond motifs is 1. The fourth-order valence-electron chi connectivity index (χ4n) is 3.86. The summed E-state index contributed by atoms with van der Waals surface area (Å²) >= 11 is 0. The molecule has 0 bridgehead atoms. The fourth-order valence-corrected chi connectivity index (χ4v) is 5.13. The average molecular weight is 372 g/mol. The number of hydrogen-bond acceptors (Lipinski definition) is 3. The summed E-state index contributed by atoms with van der Waals surface area (Å²) in [7, 11) is -3.43. The van der Waals surface area contributed by atoms with Gasteiger partial charge in [0.2, 0.25) is 0 Å². The summed E-state index contributed by atoms with van der Waals surface area (Å²) in [4.78, 5) is 2.33. The predicted molar refractivity (Wildman–Crippen MR) is 104 cm³/mol. The average Bonchev–Trinajstić information content (AvgIpc) is 3.16. The Morgan fingerprint density at radius 3 is 2.50 bits per heavy atom. The summed E-state index contributed by atoms with van der Waals surface area (Å²) < 4.78 is 29.8. The molecule has 1 N–H and O–H groups in total. The van der Waals surface area contributed by atoms with E-state index in [0.717, 1.165) is 31.5 Å². The van der Waals surface area contributed by atoms with Gasteiger partial charge in [-0.1, -0.05) is 42.5 Å². The Balaban J connectivity index is 1.33. The number of para-hydroxylation sites is 1. The molecule has 1 atom stereocenters. The molecule has 1 saturated heterocycles. The van der Waals surface area contributed by atoms with E-state index in [1.807, 2.05) is 36.4 Å². The van der Waals surface area contributed by atoms with Crippen LogP contribution < -0.4 is 9.62 Å². The van der Waals surface area contributed by atoms with Gasteiger partial charge in [-0.3, -0.25) is 0 Å². The quantitative estimate of drug-likeness (QED) is 0.878. The maximum atomic E-state index is 12.7. The zero-order valence-electron chi connectivity index (χ0n) is 14.8. The molecular weight excluding hydrogens is 346 g/mol. The maximum Gasteiger partial charge on any atom is 0.279 e. The highest BCUT2D eigenvalue weighted by atomic mass is 32.2. The Morgan fingerprint density at radius 1 is 0.962 bits per heavy atom. The van der Waals surface area contributed by atoms with Crippen molar-refractivity contribution in [3.8, 4) is 0 Å². The van der Waals surface area contributed by atoms with Gasteiger partial charge in [-0.25, -0.2) is 4.72 Å². The number of nitrogens with zero attached hydrogens (tertiary/aromatic N) is 2. The van der Waals surface area contributed by atoms with E-state index in [4.69, 9.17) is 0 Å². The van der Waals surface area contributed by atoms with Gasteiger partial charge >= 0.3 is 0 Å². The van der Waals surface area contributed by atoms with Crippen LogP contribution in [0.3, 0.4) is 0 Å². The van der Waals surface area contributed by atoms with E-state index in [2.05, 4.69) is 27.8 Å². The second kappa shape index (κ2) is 7.39. The minimum absolute atomic E-state index is 0.349. The standard InChI is InChI=1S/C20H25N3O2S/c24-26(25,23-13-11-18-6-4-5-7-19(18)16-23)21-14-17-10-12-22(15-17)20-8-2-1-3-9-20/h1-9,17,21H,10-16H2/t17-/m1/s1. The molecule has 2 heterocycles. The summed E-state index contributed by atoms with van der Waals surface area (Å²) in [5, 5.41) is 0. The highest BCUT2D eigenvalue weighted by Crippen LogP contribution is 2.24. The monoisotopic (exact) mass is 371 g/mol. The molecule has 0 radical (unpaired) electrons. The molecule has 4 rings (SSSR count). The first kappa shape index (κ1) is 17.5. The van der Waals surface area contributed by atoms with Crippen molar-refractivity contribution in [1.82, 2.24) is 9.03 Å². The molecule has 0 saturated carbocycles. The number of benzene rings is 2. The molecule has 0 aromatic heterocycles. The van der Waals surface area contributed by atoms with Crippen LogP contribution in [0.2, 0.25) is 0 Å². The zero-order valence-corrected chi connectivity index (χ0v) is 15.7. The van der Waals surface area contributed by atoms with E-state index < -0.39 is 10.2 Å². The third kappa shape index (κ3) is 3.77. The predicted octanol–water partition coefficient (Wildman–Crippen LogP) is 2.41.